The summed E-state index contributed by atoms with van der Waals surface area (Å²) in [6.45, 7) is 1.91. The molecule has 5 nitrogen and oxygen atoms in total. The molecule has 1 amide bonds. The molecule has 1 aliphatic rings. The number of nitriles is 1. The molecule has 1 aromatic heterocycles. The normalized spacial score (nSPS) is 20.8. The standard InChI is InChI=1S/C19H20N4O/c1-12-3-2-4-16(21)14-7-8-22-17(10-14)15-6-5-13(11-20)9-18(15)23-19(12)24/h5-10,12,16H,2-4,21H2,1H3,(H,23,24)/t12-,16+/m1/s1. The maximum Gasteiger partial charge on any atom is 0.227 e. The molecule has 24 heavy (non-hydrogen) atoms. The van der Waals surface area contributed by atoms with Crippen LogP contribution in [0.1, 0.15) is 43.4 Å². The molecular formula is C19H20N4O. The molecule has 0 fully saturated rings. The van der Waals surface area contributed by atoms with Crippen molar-refractivity contribution in [2.75, 3.05) is 5.32 Å². The number of nitrogens with zero attached hydrogens (tertiary/aromatic N) is 2. The Labute approximate surface area is 141 Å². The summed E-state index contributed by atoms with van der Waals surface area (Å²) in [5.74, 6) is -0.154. The Balaban J connectivity index is 2.14. The second kappa shape index (κ2) is 6.81. The maximum atomic E-state index is 12.5. The van der Waals surface area contributed by atoms with Gasteiger partial charge in [-0.25, -0.2) is 0 Å². The zero-order valence-electron chi connectivity index (χ0n) is 13.6. The average Bonchev–Trinajstić information content (AvgIpc) is 2.60. The molecule has 2 aromatic rings. The van der Waals surface area contributed by atoms with Gasteiger partial charge in [-0.15, -0.1) is 0 Å². The lowest BCUT2D eigenvalue weighted by molar-refractivity contribution is -0.119. The molecule has 1 aliphatic heterocycles. The largest absolute Gasteiger partial charge is 0.325 e. The van der Waals surface area contributed by atoms with E-state index in [1.165, 1.54) is 0 Å². The molecule has 0 saturated carbocycles. The van der Waals surface area contributed by atoms with E-state index in [0.717, 1.165) is 36.1 Å². The van der Waals surface area contributed by atoms with Crippen molar-refractivity contribution in [2.45, 2.75) is 32.2 Å². The third-order valence-electron chi connectivity index (χ3n) is 4.49. The third kappa shape index (κ3) is 3.29. The van der Waals surface area contributed by atoms with Gasteiger partial charge in [0.05, 0.1) is 23.0 Å². The van der Waals surface area contributed by atoms with Gasteiger partial charge in [-0.2, -0.15) is 5.26 Å². The van der Waals surface area contributed by atoms with E-state index < -0.39 is 0 Å². The van der Waals surface area contributed by atoms with E-state index in [9.17, 15) is 4.79 Å². The minimum absolute atomic E-state index is 0.0448. The number of nitrogens with two attached hydrogens (primary N) is 1. The Morgan fingerprint density at radius 2 is 2.12 bits per heavy atom. The van der Waals surface area contributed by atoms with Crippen LogP contribution < -0.4 is 11.1 Å². The molecule has 0 spiro atoms. The van der Waals surface area contributed by atoms with Crippen LogP contribution in [-0.2, 0) is 4.79 Å². The van der Waals surface area contributed by atoms with Crippen molar-refractivity contribution in [2.24, 2.45) is 11.7 Å². The van der Waals surface area contributed by atoms with Crippen molar-refractivity contribution in [3.05, 3.63) is 47.7 Å². The van der Waals surface area contributed by atoms with Gasteiger partial charge < -0.3 is 11.1 Å². The number of rotatable bonds is 0. The Kier molecular flexibility index (Phi) is 4.59. The van der Waals surface area contributed by atoms with Gasteiger partial charge in [0.25, 0.3) is 0 Å². The van der Waals surface area contributed by atoms with Gasteiger partial charge in [-0.1, -0.05) is 13.3 Å². The highest BCUT2D eigenvalue weighted by Crippen LogP contribution is 2.31. The Morgan fingerprint density at radius 1 is 1.29 bits per heavy atom. The fraction of sp³-hybridized carbons (Fsp3) is 0.316. The predicted octanol–water partition coefficient (Wildman–Crippen LogP) is 3.38. The molecule has 3 N–H and O–H groups in total. The number of aromatic nitrogens is 1. The van der Waals surface area contributed by atoms with E-state index in [-0.39, 0.29) is 17.9 Å². The first-order valence-electron chi connectivity index (χ1n) is 8.15. The van der Waals surface area contributed by atoms with E-state index in [2.05, 4.69) is 16.4 Å². The average molecular weight is 320 g/mol. The number of hydrogen-bond acceptors (Lipinski definition) is 4. The van der Waals surface area contributed by atoms with Crippen molar-refractivity contribution in [3.8, 4) is 17.3 Å². The van der Waals surface area contributed by atoms with Crippen LogP contribution in [0.5, 0.6) is 0 Å². The van der Waals surface area contributed by atoms with Gasteiger partial charge in [0.2, 0.25) is 5.91 Å². The second-order valence-electron chi connectivity index (χ2n) is 6.27. The van der Waals surface area contributed by atoms with E-state index >= 15 is 0 Å². The number of nitrogens with one attached hydrogen (secondary N) is 1. The van der Waals surface area contributed by atoms with E-state index in [1.54, 1.807) is 18.3 Å². The van der Waals surface area contributed by atoms with Crippen LogP contribution in [0.25, 0.3) is 11.3 Å². The number of amides is 1. The zero-order chi connectivity index (χ0) is 17.1. The highest BCUT2D eigenvalue weighted by Gasteiger charge is 2.19. The minimum Gasteiger partial charge on any atom is -0.325 e. The molecule has 2 heterocycles. The summed E-state index contributed by atoms with van der Waals surface area (Å²) < 4.78 is 0. The van der Waals surface area contributed by atoms with Crippen molar-refractivity contribution in [1.82, 2.24) is 4.98 Å². The van der Waals surface area contributed by atoms with Crippen LogP contribution in [0.2, 0.25) is 0 Å². The molecule has 0 aliphatic carbocycles. The van der Waals surface area contributed by atoms with Crippen molar-refractivity contribution >= 4 is 11.6 Å². The van der Waals surface area contributed by atoms with Crippen LogP contribution in [0.15, 0.2) is 36.5 Å². The first-order chi connectivity index (χ1) is 11.6. The number of carbonyl (C=O) groups is 1. The molecule has 1 aromatic carbocycles. The summed E-state index contributed by atoms with van der Waals surface area (Å²) in [5, 5.41) is 12.1. The van der Waals surface area contributed by atoms with Crippen LogP contribution in [0, 0.1) is 17.2 Å². The van der Waals surface area contributed by atoms with Gasteiger partial charge in [0, 0.05) is 23.7 Å². The summed E-state index contributed by atoms with van der Waals surface area (Å²) in [6.07, 6.45) is 4.24. The SMILES string of the molecule is C[C@@H]1CCC[C@H](N)c2ccnc(c2)-c2ccc(C#N)cc2NC1=O. The monoisotopic (exact) mass is 320 g/mol. The van der Waals surface area contributed by atoms with E-state index in [1.807, 2.05) is 25.1 Å². The summed E-state index contributed by atoms with van der Waals surface area (Å²) >= 11 is 0. The topological polar surface area (TPSA) is 91.8 Å². The summed E-state index contributed by atoms with van der Waals surface area (Å²) in [4.78, 5) is 16.9. The molecule has 3 rings (SSSR count). The number of anilines is 1. The molecule has 2 bridgehead atoms. The Hall–Kier alpha value is -2.71. The maximum absolute atomic E-state index is 12.5. The first kappa shape index (κ1) is 16.2. The van der Waals surface area contributed by atoms with Crippen molar-refractivity contribution in [3.63, 3.8) is 0 Å². The lowest BCUT2D eigenvalue weighted by Gasteiger charge is -2.19. The van der Waals surface area contributed by atoms with Gasteiger partial charge in [0.15, 0.2) is 0 Å². The minimum atomic E-state index is -0.110. The number of hydrogen-bond donors (Lipinski definition) is 2. The smallest absolute Gasteiger partial charge is 0.227 e. The fourth-order valence-electron chi connectivity index (χ4n) is 2.96. The number of fused-ring (bicyclic) bond motifs is 4. The molecular weight excluding hydrogens is 300 g/mol. The zero-order valence-corrected chi connectivity index (χ0v) is 13.6. The Morgan fingerprint density at radius 3 is 2.92 bits per heavy atom. The highest BCUT2D eigenvalue weighted by atomic mass is 16.1. The summed E-state index contributed by atoms with van der Waals surface area (Å²) in [7, 11) is 0. The van der Waals surface area contributed by atoms with Gasteiger partial charge in [0.1, 0.15) is 0 Å². The highest BCUT2D eigenvalue weighted by molar-refractivity contribution is 5.96. The summed E-state index contributed by atoms with van der Waals surface area (Å²) in [6, 6.07) is 11.2. The van der Waals surface area contributed by atoms with Crippen LogP contribution in [0.3, 0.4) is 0 Å². The first-order valence-corrected chi connectivity index (χ1v) is 8.15. The second-order valence-corrected chi connectivity index (χ2v) is 6.27. The van der Waals surface area contributed by atoms with Crippen LogP contribution in [0.4, 0.5) is 5.69 Å². The number of pyridine rings is 1. The lowest BCUT2D eigenvalue weighted by Crippen LogP contribution is -2.22. The van der Waals surface area contributed by atoms with Gasteiger partial charge in [-0.3, -0.25) is 9.78 Å². The molecule has 0 radical (unpaired) electrons. The lowest BCUT2D eigenvalue weighted by atomic mass is 9.95. The quantitative estimate of drug-likeness (QED) is 0.778. The van der Waals surface area contributed by atoms with Gasteiger partial charge >= 0.3 is 0 Å². The number of carbonyl (C=O) groups excluding carboxylic acids is 1. The molecule has 122 valence electrons. The summed E-state index contributed by atoms with van der Waals surface area (Å²) in [5.41, 5.74) is 9.99. The van der Waals surface area contributed by atoms with E-state index in [0.29, 0.717) is 11.3 Å². The molecule has 5 heteroatoms. The fourth-order valence-corrected chi connectivity index (χ4v) is 2.96. The Bertz CT molecular complexity index is 809. The molecule has 0 unspecified atom stereocenters. The van der Waals surface area contributed by atoms with Gasteiger partial charge in [-0.05, 0) is 48.7 Å². The van der Waals surface area contributed by atoms with Crippen molar-refractivity contribution < 1.29 is 4.79 Å². The molecule has 0 saturated heterocycles. The molecule has 2 atom stereocenters. The predicted molar refractivity (Wildman–Crippen MR) is 93.0 cm³/mol. The van der Waals surface area contributed by atoms with Crippen molar-refractivity contribution in [1.29, 1.82) is 5.26 Å². The van der Waals surface area contributed by atoms with Crippen LogP contribution >= 0.6 is 0 Å². The van der Waals surface area contributed by atoms with Crippen LogP contribution in [-0.4, -0.2) is 10.9 Å². The third-order valence-corrected chi connectivity index (χ3v) is 4.49. The number of benzene rings is 1. The van der Waals surface area contributed by atoms with E-state index in [4.69, 9.17) is 11.0 Å².